The van der Waals surface area contributed by atoms with E-state index in [-0.39, 0.29) is 0 Å². The lowest BCUT2D eigenvalue weighted by atomic mass is 9.58. The molecule has 2 atom stereocenters. The van der Waals surface area contributed by atoms with Gasteiger partial charge >= 0.3 is 0 Å². The van der Waals surface area contributed by atoms with Crippen LogP contribution in [-0.4, -0.2) is 19.2 Å². The van der Waals surface area contributed by atoms with Crippen molar-refractivity contribution in [1.82, 2.24) is 5.32 Å². The van der Waals surface area contributed by atoms with Crippen molar-refractivity contribution in [3.63, 3.8) is 0 Å². The lowest BCUT2D eigenvalue weighted by Gasteiger charge is -2.55. The van der Waals surface area contributed by atoms with E-state index in [9.17, 15) is 0 Å². The molecule has 1 saturated carbocycles. The van der Waals surface area contributed by atoms with Crippen LogP contribution in [0, 0.1) is 12.3 Å². The molecule has 0 aliphatic heterocycles. The lowest BCUT2D eigenvalue weighted by Crippen LogP contribution is -2.63. The van der Waals surface area contributed by atoms with E-state index >= 15 is 0 Å². The highest BCUT2D eigenvalue weighted by Crippen LogP contribution is 2.48. The van der Waals surface area contributed by atoms with Crippen LogP contribution < -0.4 is 10.1 Å². The predicted octanol–water partition coefficient (Wildman–Crippen LogP) is 3.54. The zero-order valence-corrected chi connectivity index (χ0v) is 12.0. The van der Waals surface area contributed by atoms with Crippen LogP contribution >= 0.6 is 0 Å². The monoisotopic (exact) mass is 247 g/mol. The van der Waals surface area contributed by atoms with Gasteiger partial charge in [-0.2, -0.15) is 0 Å². The molecule has 1 aromatic carbocycles. The Morgan fingerprint density at radius 3 is 2.61 bits per heavy atom. The van der Waals surface area contributed by atoms with Crippen LogP contribution in [0.25, 0.3) is 0 Å². The standard InChI is InChI=1S/C16H25NO/c1-5-16(6-2)14(17-4)11-15(16)18-13-9-7-8-12(3)10-13/h7-10,14-15,17H,5-6,11H2,1-4H3. The Bertz CT molecular complexity index is 398. The van der Waals surface area contributed by atoms with Gasteiger partial charge < -0.3 is 10.1 Å². The highest BCUT2D eigenvalue weighted by Gasteiger charge is 2.53. The smallest absolute Gasteiger partial charge is 0.120 e. The van der Waals surface area contributed by atoms with E-state index < -0.39 is 0 Å². The molecule has 1 fully saturated rings. The van der Waals surface area contributed by atoms with E-state index in [2.05, 4.69) is 57.4 Å². The minimum Gasteiger partial charge on any atom is -0.490 e. The Morgan fingerprint density at radius 2 is 2.06 bits per heavy atom. The number of rotatable bonds is 5. The third kappa shape index (κ3) is 2.14. The second-order valence-electron chi connectivity index (χ2n) is 5.44. The number of nitrogens with one attached hydrogen (secondary N) is 1. The maximum atomic E-state index is 6.22. The molecule has 2 heteroatoms. The molecule has 1 aromatic rings. The fraction of sp³-hybridized carbons (Fsp3) is 0.625. The molecule has 0 saturated heterocycles. The summed E-state index contributed by atoms with van der Waals surface area (Å²) in [6.07, 6.45) is 3.81. The van der Waals surface area contributed by atoms with E-state index in [4.69, 9.17) is 4.74 Å². The van der Waals surface area contributed by atoms with Gasteiger partial charge in [0.2, 0.25) is 0 Å². The van der Waals surface area contributed by atoms with Crippen molar-refractivity contribution in [3.8, 4) is 5.75 Å². The van der Waals surface area contributed by atoms with Crippen molar-refractivity contribution in [2.24, 2.45) is 5.41 Å². The van der Waals surface area contributed by atoms with E-state index in [1.807, 2.05) is 0 Å². The highest BCUT2D eigenvalue weighted by molar-refractivity contribution is 5.28. The zero-order chi connectivity index (χ0) is 13.2. The van der Waals surface area contributed by atoms with Crippen LogP contribution in [-0.2, 0) is 0 Å². The molecular weight excluding hydrogens is 222 g/mol. The summed E-state index contributed by atoms with van der Waals surface area (Å²) in [4.78, 5) is 0. The zero-order valence-electron chi connectivity index (χ0n) is 12.0. The molecular formula is C16H25NO. The third-order valence-corrected chi connectivity index (χ3v) is 4.72. The predicted molar refractivity (Wildman–Crippen MR) is 76.1 cm³/mol. The van der Waals surface area contributed by atoms with Crippen LogP contribution in [0.2, 0.25) is 0 Å². The van der Waals surface area contributed by atoms with Crippen molar-refractivity contribution < 1.29 is 4.74 Å². The van der Waals surface area contributed by atoms with Crippen molar-refractivity contribution in [2.45, 2.75) is 52.2 Å². The van der Waals surface area contributed by atoms with E-state index in [0.29, 0.717) is 17.6 Å². The van der Waals surface area contributed by atoms with E-state index in [0.717, 1.165) is 12.2 Å². The molecule has 0 spiro atoms. The maximum Gasteiger partial charge on any atom is 0.120 e. The maximum absolute atomic E-state index is 6.22. The van der Waals surface area contributed by atoms with Crippen LogP contribution in [0.3, 0.4) is 0 Å². The van der Waals surface area contributed by atoms with Gasteiger partial charge in [-0.05, 0) is 44.5 Å². The van der Waals surface area contributed by atoms with Gasteiger partial charge in [0.1, 0.15) is 11.9 Å². The molecule has 100 valence electrons. The number of ether oxygens (including phenoxy) is 1. The van der Waals surface area contributed by atoms with Crippen molar-refractivity contribution in [3.05, 3.63) is 29.8 Å². The molecule has 2 nitrogen and oxygen atoms in total. The molecule has 1 aliphatic carbocycles. The van der Waals surface area contributed by atoms with Gasteiger partial charge in [0.05, 0.1) is 0 Å². The Kier molecular flexibility index (Phi) is 3.96. The first-order chi connectivity index (χ1) is 8.66. The quantitative estimate of drug-likeness (QED) is 0.859. The van der Waals surface area contributed by atoms with E-state index in [1.165, 1.54) is 18.4 Å². The average molecular weight is 247 g/mol. The summed E-state index contributed by atoms with van der Waals surface area (Å²) in [5.74, 6) is 1.01. The first kappa shape index (κ1) is 13.4. The van der Waals surface area contributed by atoms with Gasteiger partial charge in [0.25, 0.3) is 0 Å². The number of aryl methyl sites for hydroxylation is 1. The second-order valence-corrected chi connectivity index (χ2v) is 5.44. The normalized spacial score (nSPS) is 25.6. The van der Waals surface area contributed by atoms with Crippen LogP contribution in [0.5, 0.6) is 5.75 Å². The van der Waals surface area contributed by atoms with Crippen LogP contribution in [0.4, 0.5) is 0 Å². The molecule has 0 bridgehead atoms. The first-order valence-corrected chi connectivity index (χ1v) is 7.07. The van der Waals surface area contributed by atoms with Crippen molar-refractivity contribution in [2.75, 3.05) is 7.05 Å². The minimum absolute atomic E-state index is 0.304. The van der Waals surface area contributed by atoms with Gasteiger partial charge in [-0.3, -0.25) is 0 Å². The summed E-state index contributed by atoms with van der Waals surface area (Å²) >= 11 is 0. The molecule has 1 aliphatic rings. The summed E-state index contributed by atoms with van der Waals surface area (Å²) in [5.41, 5.74) is 1.56. The highest BCUT2D eigenvalue weighted by atomic mass is 16.5. The van der Waals surface area contributed by atoms with Gasteiger partial charge in [-0.15, -0.1) is 0 Å². The van der Waals surface area contributed by atoms with Gasteiger partial charge in [0.15, 0.2) is 0 Å². The van der Waals surface area contributed by atoms with Gasteiger partial charge in [-0.25, -0.2) is 0 Å². The summed E-state index contributed by atoms with van der Waals surface area (Å²) in [6.45, 7) is 6.66. The van der Waals surface area contributed by atoms with Crippen LogP contribution in [0.1, 0.15) is 38.7 Å². The third-order valence-electron chi connectivity index (χ3n) is 4.72. The molecule has 2 rings (SSSR count). The summed E-state index contributed by atoms with van der Waals surface area (Å²) < 4.78 is 6.22. The summed E-state index contributed by atoms with van der Waals surface area (Å²) in [6, 6.07) is 8.97. The van der Waals surface area contributed by atoms with Crippen molar-refractivity contribution >= 4 is 0 Å². The molecule has 0 heterocycles. The fourth-order valence-electron chi connectivity index (χ4n) is 3.37. The first-order valence-electron chi connectivity index (χ1n) is 7.07. The summed E-state index contributed by atoms with van der Waals surface area (Å²) in [7, 11) is 2.06. The molecule has 1 N–H and O–H groups in total. The van der Waals surface area contributed by atoms with Crippen molar-refractivity contribution in [1.29, 1.82) is 0 Å². The molecule has 0 radical (unpaired) electrons. The second kappa shape index (κ2) is 5.31. The van der Waals surface area contributed by atoms with E-state index in [1.54, 1.807) is 0 Å². The topological polar surface area (TPSA) is 21.3 Å². The average Bonchev–Trinajstić information content (AvgIpc) is 2.36. The Hall–Kier alpha value is -1.02. The van der Waals surface area contributed by atoms with Gasteiger partial charge in [-0.1, -0.05) is 26.0 Å². The number of benzene rings is 1. The lowest BCUT2D eigenvalue weighted by molar-refractivity contribution is -0.0835. The Balaban J connectivity index is 2.10. The molecule has 0 amide bonds. The number of hydrogen-bond acceptors (Lipinski definition) is 2. The summed E-state index contributed by atoms with van der Waals surface area (Å²) in [5, 5.41) is 3.44. The Morgan fingerprint density at radius 1 is 1.33 bits per heavy atom. The van der Waals surface area contributed by atoms with Gasteiger partial charge in [0, 0.05) is 17.9 Å². The molecule has 18 heavy (non-hydrogen) atoms. The van der Waals surface area contributed by atoms with Crippen LogP contribution in [0.15, 0.2) is 24.3 Å². The SMILES string of the molecule is CCC1(CC)C(NC)CC1Oc1cccc(C)c1. The fourth-order valence-corrected chi connectivity index (χ4v) is 3.37. The number of hydrogen-bond donors (Lipinski definition) is 1. The Labute approximate surface area is 111 Å². The molecule has 2 unspecified atom stereocenters. The minimum atomic E-state index is 0.304. The molecule has 0 aromatic heterocycles. The largest absolute Gasteiger partial charge is 0.490 e.